The van der Waals surface area contributed by atoms with Crippen molar-refractivity contribution in [1.29, 1.82) is 0 Å². The fourth-order valence-electron chi connectivity index (χ4n) is 1.92. The topological polar surface area (TPSA) is 22.0 Å². The minimum Gasteiger partial charge on any atom is -0.349 e. The number of ketones is 1. The summed E-state index contributed by atoms with van der Waals surface area (Å²) in [5.74, 6) is 0.211. The van der Waals surface area contributed by atoms with Crippen LogP contribution in [0.15, 0.2) is 42.7 Å². The Morgan fingerprint density at radius 3 is 2.89 bits per heavy atom. The Hall–Kier alpha value is -1.54. The molecule has 0 saturated carbocycles. The molecular formula is C15H16ClNO. The molecule has 0 aliphatic heterocycles. The van der Waals surface area contributed by atoms with Gasteiger partial charge in [0.25, 0.3) is 0 Å². The summed E-state index contributed by atoms with van der Waals surface area (Å²) >= 11 is 5.94. The number of hydrogen-bond acceptors (Lipinski definition) is 1. The molecule has 0 fully saturated rings. The van der Waals surface area contributed by atoms with Crippen LogP contribution in [0.25, 0.3) is 0 Å². The molecule has 0 aliphatic rings. The number of carbonyl (C=O) groups is 1. The molecule has 0 radical (unpaired) electrons. The van der Waals surface area contributed by atoms with Crippen LogP contribution >= 0.6 is 11.6 Å². The predicted octanol–water partition coefficient (Wildman–Crippen LogP) is 4.17. The van der Waals surface area contributed by atoms with E-state index in [4.69, 9.17) is 11.6 Å². The van der Waals surface area contributed by atoms with Gasteiger partial charge in [0.1, 0.15) is 0 Å². The molecule has 0 unspecified atom stereocenters. The number of rotatable bonds is 5. The van der Waals surface area contributed by atoms with Crippen molar-refractivity contribution in [2.45, 2.75) is 26.3 Å². The molecule has 0 aliphatic carbocycles. The lowest BCUT2D eigenvalue weighted by Crippen LogP contribution is -1.98. The van der Waals surface area contributed by atoms with Gasteiger partial charge in [-0.3, -0.25) is 4.79 Å². The second kappa shape index (κ2) is 5.87. The second-order valence-electron chi connectivity index (χ2n) is 4.38. The average Bonchev–Trinajstić information content (AvgIpc) is 2.78. The summed E-state index contributed by atoms with van der Waals surface area (Å²) < 4.78 is 2.01. The van der Waals surface area contributed by atoms with Gasteiger partial charge in [-0.25, -0.2) is 0 Å². The van der Waals surface area contributed by atoms with Crippen molar-refractivity contribution in [3.05, 3.63) is 58.9 Å². The van der Waals surface area contributed by atoms with Crippen LogP contribution in [0.3, 0.4) is 0 Å². The van der Waals surface area contributed by atoms with E-state index in [1.165, 1.54) is 0 Å². The highest BCUT2D eigenvalue weighted by atomic mass is 35.5. The molecule has 1 aromatic carbocycles. The highest BCUT2D eigenvalue weighted by Gasteiger charge is 2.06. The van der Waals surface area contributed by atoms with E-state index in [9.17, 15) is 4.79 Å². The van der Waals surface area contributed by atoms with Gasteiger partial charge in [0.05, 0.1) is 0 Å². The first-order valence-electron chi connectivity index (χ1n) is 6.12. The number of Topliss-reactive ketones (excluding diaryl/α,β-unsaturated/α-hetero) is 1. The molecule has 2 rings (SSSR count). The number of aromatic nitrogens is 1. The fraction of sp³-hybridized carbons (Fsp3) is 0.267. The van der Waals surface area contributed by atoms with Crippen LogP contribution in [0.4, 0.5) is 0 Å². The van der Waals surface area contributed by atoms with Crippen LogP contribution in [0.1, 0.15) is 35.7 Å². The average molecular weight is 262 g/mol. The number of benzene rings is 1. The van der Waals surface area contributed by atoms with Crippen LogP contribution in [0.5, 0.6) is 0 Å². The summed E-state index contributed by atoms with van der Waals surface area (Å²) in [6.45, 7) is 2.75. The normalized spacial score (nSPS) is 10.6. The molecule has 0 bridgehead atoms. The number of halogens is 1. The van der Waals surface area contributed by atoms with Crippen LogP contribution in [0.2, 0.25) is 5.02 Å². The fourth-order valence-corrected chi connectivity index (χ4v) is 2.13. The minimum absolute atomic E-state index is 0.211. The van der Waals surface area contributed by atoms with Gasteiger partial charge in [0.2, 0.25) is 0 Å². The van der Waals surface area contributed by atoms with Crippen molar-refractivity contribution in [2.24, 2.45) is 0 Å². The van der Waals surface area contributed by atoms with Gasteiger partial charge < -0.3 is 4.57 Å². The van der Waals surface area contributed by atoms with Gasteiger partial charge >= 0.3 is 0 Å². The first-order chi connectivity index (χ1) is 8.69. The molecule has 94 valence electrons. The third kappa shape index (κ3) is 3.23. The van der Waals surface area contributed by atoms with Crippen molar-refractivity contribution in [1.82, 2.24) is 4.57 Å². The van der Waals surface area contributed by atoms with Crippen molar-refractivity contribution in [2.75, 3.05) is 0 Å². The Morgan fingerprint density at radius 2 is 2.17 bits per heavy atom. The maximum Gasteiger partial charge on any atom is 0.164 e. The lowest BCUT2D eigenvalue weighted by atomic mass is 10.1. The molecule has 3 heteroatoms. The number of hydrogen-bond donors (Lipinski definition) is 0. The third-order valence-electron chi connectivity index (χ3n) is 2.80. The smallest absolute Gasteiger partial charge is 0.164 e. The van der Waals surface area contributed by atoms with Crippen LogP contribution < -0.4 is 0 Å². The summed E-state index contributed by atoms with van der Waals surface area (Å²) in [6, 6.07) is 9.64. The highest BCUT2D eigenvalue weighted by Crippen LogP contribution is 2.13. The van der Waals surface area contributed by atoms with Gasteiger partial charge in [-0.1, -0.05) is 30.7 Å². The molecule has 1 aromatic heterocycles. The molecule has 0 amide bonds. The summed E-state index contributed by atoms with van der Waals surface area (Å²) in [4.78, 5) is 11.7. The van der Waals surface area contributed by atoms with Gasteiger partial charge in [-0.2, -0.15) is 0 Å². The molecule has 18 heavy (non-hydrogen) atoms. The Morgan fingerprint density at radius 1 is 1.33 bits per heavy atom. The molecule has 0 N–H and O–H groups in total. The summed E-state index contributed by atoms with van der Waals surface area (Å²) in [6.07, 6.45) is 5.34. The molecule has 0 spiro atoms. The van der Waals surface area contributed by atoms with Gasteiger partial charge in [0.15, 0.2) is 5.78 Å². The second-order valence-corrected chi connectivity index (χ2v) is 4.81. The van der Waals surface area contributed by atoms with Gasteiger partial charge in [0, 0.05) is 35.9 Å². The van der Waals surface area contributed by atoms with Crippen molar-refractivity contribution in [3.63, 3.8) is 0 Å². The largest absolute Gasteiger partial charge is 0.349 e. The molecule has 0 atom stereocenters. The molecule has 0 saturated heterocycles. The van der Waals surface area contributed by atoms with Gasteiger partial charge in [-0.15, -0.1) is 0 Å². The van der Waals surface area contributed by atoms with Gasteiger partial charge in [-0.05, 0) is 30.2 Å². The van der Waals surface area contributed by atoms with E-state index < -0.39 is 0 Å². The highest BCUT2D eigenvalue weighted by molar-refractivity contribution is 6.30. The van der Waals surface area contributed by atoms with E-state index in [1.54, 1.807) is 0 Å². The van der Waals surface area contributed by atoms with E-state index in [2.05, 4.69) is 0 Å². The van der Waals surface area contributed by atoms with Crippen LogP contribution in [-0.2, 0) is 6.54 Å². The SMILES string of the molecule is CCCC(=O)c1ccn(Cc2cccc(Cl)c2)c1. The third-order valence-corrected chi connectivity index (χ3v) is 3.04. The monoisotopic (exact) mass is 261 g/mol. The van der Waals surface area contributed by atoms with E-state index >= 15 is 0 Å². The predicted molar refractivity (Wildman–Crippen MR) is 74.2 cm³/mol. The minimum atomic E-state index is 0.211. The molecule has 1 heterocycles. The van der Waals surface area contributed by atoms with Crippen LogP contribution in [-0.4, -0.2) is 10.4 Å². The Kier molecular flexibility index (Phi) is 4.21. The standard InChI is InChI=1S/C15H16ClNO/c1-2-4-15(18)13-7-8-17(11-13)10-12-5-3-6-14(16)9-12/h3,5-9,11H,2,4,10H2,1H3. The quantitative estimate of drug-likeness (QED) is 0.741. The number of carbonyl (C=O) groups excluding carboxylic acids is 1. The van der Waals surface area contributed by atoms with E-state index in [0.29, 0.717) is 6.42 Å². The van der Waals surface area contributed by atoms with E-state index in [0.717, 1.165) is 29.1 Å². The van der Waals surface area contributed by atoms with E-state index in [-0.39, 0.29) is 5.78 Å². The maximum absolute atomic E-state index is 11.7. The summed E-state index contributed by atoms with van der Waals surface area (Å²) in [7, 11) is 0. The molecular weight excluding hydrogens is 246 g/mol. The lowest BCUT2D eigenvalue weighted by molar-refractivity contribution is 0.0981. The summed E-state index contributed by atoms with van der Waals surface area (Å²) in [5.41, 5.74) is 1.92. The zero-order chi connectivity index (χ0) is 13.0. The number of nitrogens with zero attached hydrogens (tertiary/aromatic N) is 1. The van der Waals surface area contributed by atoms with E-state index in [1.807, 2.05) is 54.2 Å². The van der Waals surface area contributed by atoms with Crippen molar-refractivity contribution in [3.8, 4) is 0 Å². The lowest BCUT2D eigenvalue weighted by Gasteiger charge is -2.03. The zero-order valence-electron chi connectivity index (χ0n) is 10.4. The maximum atomic E-state index is 11.7. The zero-order valence-corrected chi connectivity index (χ0v) is 11.2. The van der Waals surface area contributed by atoms with Crippen molar-refractivity contribution >= 4 is 17.4 Å². The summed E-state index contributed by atoms with van der Waals surface area (Å²) in [5, 5.41) is 0.738. The first kappa shape index (κ1) is 12.9. The Balaban J connectivity index is 2.09. The first-order valence-corrected chi connectivity index (χ1v) is 6.50. The molecule has 2 aromatic rings. The van der Waals surface area contributed by atoms with Crippen LogP contribution in [0, 0.1) is 0 Å². The van der Waals surface area contributed by atoms with Crippen molar-refractivity contribution < 1.29 is 4.79 Å². The molecule has 2 nitrogen and oxygen atoms in total. The Bertz CT molecular complexity index is 545. The Labute approximate surface area is 112 Å².